The number of hydrogen-bond acceptors (Lipinski definition) is 5. The molecule has 1 saturated heterocycles. The van der Waals surface area contributed by atoms with Crippen LogP contribution in [0.3, 0.4) is 0 Å². The van der Waals surface area contributed by atoms with Gasteiger partial charge in [-0.05, 0) is 37.5 Å². The van der Waals surface area contributed by atoms with Crippen LogP contribution < -0.4 is 15.4 Å². The van der Waals surface area contributed by atoms with Crippen molar-refractivity contribution in [1.82, 2.24) is 15.5 Å². The normalized spacial score (nSPS) is 15.2. The van der Waals surface area contributed by atoms with Gasteiger partial charge in [0.2, 0.25) is 0 Å². The molecule has 0 aromatic heterocycles. The standard InChI is InChI=1S/C24H42N4O3.HI/c1-4-10-24(29,11-5-2)20-27-23(25-6-3)26-19-21-8-7-9-22(18-21)31-17-14-28-12-15-30-16-13-28;/h7-9,18,29H,4-6,10-17,19-20H2,1-3H3,(H2,25,26,27);1H. The maximum absolute atomic E-state index is 10.9. The summed E-state index contributed by atoms with van der Waals surface area (Å²) in [5.74, 6) is 1.60. The number of ether oxygens (including phenoxy) is 2. The zero-order valence-electron chi connectivity index (χ0n) is 20.1. The van der Waals surface area contributed by atoms with Crippen LogP contribution in [0.4, 0.5) is 0 Å². The van der Waals surface area contributed by atoms with Crippen LogP contribution in [-0.4, -0.2) is 74.1 Å². The molecule has 1 heterocycles. The molecule has 1 aliphatic heterocycles. The second kappa shape index (κ2) is 16.5. The van der Waals surface area contributed by atoms with Crippen molar-refractivity contribution >= 4 is 29.9 Å². The smallest absolute Gasteiger partial charge is 0.191 e. The van der Waals surface area contributed by atoms with E-state index in [0.29, 0.717) is 19.7 Å². The lowest BCUT2D eigenvalue weighted by Crippen LogP contribution is -2.47. The number of nitrogens with one attached hydrogen (secondary N) is 2. The first-order valence-corrected chi connectivity index (χ1v) is 11.8. The number of aliphatic hydroxyl groups is 1. The average molecular weight is 563 g/mol. The van der Waals surface area contributed by atoms with E-state index in [-0.39, 0.29) is 24.0 Å². The highest BCUT2D eigenvalue weighted by molar-refractivity contribution is 14.0. The summed E-state index contributed by atoms with van der Waals surface area (Å²) in [7, 11) is 0. The summed E-state index contributed by atoms with van der Waals surface area (Å²) >= 11 is 0. The fraction of sp³-hybridized carbons (Fsp3) is 0.708. The molecule has 0 saturated carbocycles. The molecule has 184 valence electrons. The lowest BCUT2D eigenvalue weighted by atomic mass is 9.93. The van der Waals surface area contributed by atoms with Gasteiger partial charge >= 0.3 is 0 Å². The molecule has 0 aliphatic carbocycles. The Balaban J connectivity index is 0.00000512. The minimum atomic E-state index is -0.687. The number of aliphatic imine (C=N–C) groups is 1. The first-order valence-electron chi connectivity index (χ1n) is 11.8. The van der Waals surface area contributed by atoms with Gasteiger partial charge in [0, 0.05) is 32.7 Å². The molecule has 8 heteroatoms. The van der Waals surface area contributed by atoms with Gasteiger partial charge in [0.15, 0.2) is 5.96 Å². The third kappa shape index (κ3) is 11.2. The Hall–Kier alpha value is -1.10. The molecule has 0 radical (unpaired) electrons. The summed E-state index contributed by atoms with van der Waals surface area (Å²) in [5, 5.41) is 17.5. The molecule has 0 atom stereocenters. The maximum atomic E-state index is 10.9. The van der Waals surface area contributed by atoms with Gasteiger partial charge < -0.3 is 25.2 Å². The van der Waals surface area contributed by atoms with Crippen LogP contribution >= 0.6 is 24.0 Å². The third-order valence-corrected chi connectivity index (χ3v) is 5.46. The Bertz CT molecular complexity index is 648. The van der Waals surface area contributed by atoms with Crippen molar-refractivity contribution in [2.24, 2.45) is 4.99 Å². The summed E-state index contributed by atoms with van der Waals surface area (Å²) < 4.78 is 11.3. The molecular formula is C24H43IN4O3. The quantitative estimate of drug-likeness (QED) is 0.194. The number of rotatable bonds is 13. The van der Waals surface area contributed by atoms with E-state index in [1.54, 1.807) is 0 Å². The van der Waals surface area contributed by atoms with Crippen molar-refractivity contribution in [3.63, 3.8) is 0 Å². The Kier molecular flexibility index (Phi) is 14.9. The molecule has 0 bridgehead atoms. The predicted molar refractivity (Wildman–Crippen MR) is 142 cm³/mol. The van der Waals surface area contributed by atoms with Gasteiger partial charge in [-0.1, -0.05) is 38.8 Å². The minimum Gasteiger partial charge on any atom is -0.492 e. The monoisotopic (exact) mass is 562 g/mol. The maximum Gasteiger partial charge on any atom is 0.191 e. The number of nitrogens with zero attached hydrogens (tertiary/aromatic N) is 2. The third-order valence-electron chi connectivity index (χ3n) is 5.46. The number of morpholine rings is 1. The highest BCUT2D eigenvalue weighted by Crippen LogP contribution is 2.18. The van der Waals surface area contributed by atoms with Crippen LogP contribution in [-0.2, 0) is 11.3 Å². The second-order valence-corrected chi connectivity index (χ2v) is 8.22. The Morgan fingerprint density at radius 2 is 1.88 bits per heavy atom. The van der Waals surface area contributed by atoms with Crippen molar-refractivity contribution in [2.45, 2.75) is 58.6 Å². The molecule has 0 unspecified atom stereocenters. The van der Waals surface area contributed by atoms with Crippen molar-refractivity contribution in [3.8, 4) is 5.75 Å². The fourth-order valence-corrected chi connectivity index (χ4v) is 3.84. The van der Waals surface area contributed by atoms with Gasteiger partial charge in [-0.2, -0.15) is 0 Å². The first-order chi connectivity index (χ1) is 15.1. The lowest BCUT2D eigenvalue weighted by molar-refractivity contribution is 0.0257. The number of guanidine groups is 1. The summed E-state index contributed by atoms with van der Waals surface area (Å²) in [6.07, 6.45) is 3.50. The number of hydrogen-bond donors (Lipinski definition) is 3. The topological polar surface area (TPSA) is 78.3 Å². The Labute approximate surface area is 211 Å². The average Bonchev–Trinajstić information content (AvgIpc) is 2.77. The molecule has 1 aromatic carbocycles. The molecule has 32 heavy (non-hydrogen) atoms. The highest BCUT2D eigenvalue weighted by Gasteiger charge is 2.24. The second-order valence-electron chi connectivity index (χ2n) is 8.22. The molecule has 2 rings (SSSR count). The summed E-state index contributed by atoms with van der Waals surface area (Å²) in [6, 6.07) is 8.12. The van der Waals surface area contributed by atoms with Crippen molar-refractivity contribution in [2.75, 3.05) is 52.5 Å². The van der Waals surface area contributed by atoms with Gasteiger partial charge in [0.25, 0.3) is 0 Å². The van der Waals surface area contributed by atoms with Gasteiger partial charge in [0.1, 0.15) is 12.4 Å². The van der Waals surface area contributed by atoms with Crippen molar-refractivity contribution < 1.29 is 14.6 Å². The van der Waals surface area contributed by atoms with Crippen molar-refractivity contribution in [1.29, 1.82) is 0 Å². The number of halogens is 1. The molecule has 7 nitrogen and oxygen atoms in total. The molecule has 1 fully saturated rings. The van der Waals surface area contributed by atoms with Crippen LogP contribution in [0, 0.1) is 0 Å². The van der Waals surface area contributed by atoms with E-state index in [4.69, 9.17) is 14.5 Å². The van der Waals surface area contributed by atoms with Crippen molar-refractivity contribution in [3.05, 3.63) is 29.8 Å². The minimum absolute atomic E-state index is 0. The van der Waals surface area contributed by atoms with E-state index in [0.717, 1.165) is 82.3 Å². The molecule has 1 aromatic rings. The Morgan fingerprint density at radius 1 is 1.16 bits per heavy atom. The van der Waals surface area contributed by atoms with E-state index >= 15 is 0 Å². The number of benzene rings is 1. The zero-order valence-corrected chi connectivity index (χ0v) is 22.4. The van der Waals surface area contributed by atoms with Gasteiger partial charge in [-0.15, -0.1) is 24.0 Å². The van der Waals surface area contributed by atoms with Crippen LogP contribution in [0.2, 0.25) is 0 Å². The first kappa shape index (κ1) is 28.9. The molecule has 1 aliphatic rings. The molecule has 0 spiro atoms. The summed E-state index contributed by atoms with van der Waals surface area (Å²) in [4.78, 5) is 7.07. The molecular weight excluding hydrogens is 519 g/mol. The SMILES string of the molecule is CCCC(O)(CCC)CNC(=NCc1cccc(OCCN2CCOCC2)c1)NCC.I. The van der Waals surface area contributed by atoms with E-state index in [1.807, 2.05) is 19.1 Å². The zero-order chi connectivity index (χ0) is 22.4. The summed E-state index contributed by atoms with van der Waals surface area (Å²) in [6.45, 7) is 13.2. The van der Waals surface area contributed by atoms with Crippen LogP contribution in [0.15, 0.2) is 29.3 Å². The largest absolute Gasteiger partial charge is 0.492 e. The van der Waals surface area contributed by atoms with Gasteiger partial charge in [-0.3, -0.25) is 4.90 Å². The van der Waals surface area contributed by atoms with E-state index in [2.05, 4.69) is 41.5 Å². The van der Waals surface area contributed by atoms with Crippen LogP contribution in [0.5, 0.6) is 5.75 Å². The van der Waals surface area contributed by atoms with Gasteiger partial charge in [0.05, 0.1) is 25.4 Å². The van der Waals surface area contributed by atoms with E-state index in [1.165, 1.54) is 0 Å². The van der Waals surface area contributed by atoms with Crippen LogP contribution in [0.25, 0.3) is 0 Å². The Morgan fingerprint density at radius 3 is 2.53 bits per heavy atom. The lowest BCUT2D eigenvalue weighted by Gasteiger charge is -2.28. The predicted octanol–water partition coefficient (Wildman–Crippen LogP) is 3.40. The van der Waals surface area contributed by atoms with Gasteiger partial charge in [-0.25, -0.2) is 4.99 Å². The molecule has 3 N–H and O–H groups in total. The highest BCUT2D eigenvalue weighted by atomic mass is 127. The fourth-order valence-electron chi connectivity index (χ4n) is 3.84. The summed E-state index contributed by atoms with van der Waals surface area (Å²) in [5.41, 5.74) is 0.409. The molecule has 0 amide bonds. The van der Waals surface area contributed by atoms with E-state index < -0.39 is 5.60 Å². The van der Waals surface area contributed by atoms with E-state index in [9.17, 15) is 5.11 Å². The van der Waals surface area contributed by atoms with Crippen LogP contribution in [0.1, 0.15) is 52.0 Å².